The lowest BCUT2D eigenvalue weighted by atomic mass is 10.3. The Bertz CT molecular complexity index is 754. The van der Waals surface area contributed by atoms with Crippen molar-refractivity contribution in [1.82, 2.24) is 19.6 Å². The van der Waals surface area contributed by atoms with E-state index >= 15 is 0 Å². The van der Waals surface area contributed by atoms with Crippen LogP contribution in [0.3, 0.4) is 0 Å². The van der Waals surface area contributed by atoms with Crippen molar-refractivity contribution in [1.29, 1.82) is 0 Å². The van der Waals surface area contributed by atoms with Gasteiger partial charge in [-0.1, -0.05) is 6.07 Å². The maximum Gasteiger partial charge on any atom is 0.254 e. The normalized spacial score (nSPS) is 10.7. The van der Waals surface area contributed by atoms with E-state index in [0.29, 0.717) is 24.6 Å². The highest BCUT2D eigenvalue weighted by molar-refractivity contribution is 5.45. The molecule has 0 aliphatic heterocycles. The molecule has 0 spiro atoms. The van der Waals surface area contributed by atoms with Crippen LogP contribution in [0.1, 0.15) is 5.69 Å². The molecule has 0 saturated carbocycles. The second kappa shape index (κ2) is 5.66. The van der Waals surface area contributed by atoms with E-state index in [4.69, 9.17) is 10.5 Å². The van der Waals surface area contributed by atoms with E-state index in [1.54, 1.807) is 10.6 Å². The summed E-state index contributed by atoms with van der Waals surface area (Å²) in [4.78, 5) is 8.37. The second-order valence-electron chi connectivity index (χ2n) is 4.60. The van der Waals surface area contributed by atoms with E-state index < -0.39 is 0 Å². The molecule has 3 rings (SSSR count). The third-order valence-electron chi connectivity index (χ3n) is 2.91. The van der Waals surface area contributed by atoms with Crippen molar-refractivity contribution in [3.05, 3.63) is 42.4 Å². The molecule has 3 N–H and O–H groups in total. The number of rotatable bonds is 5. The Morgan fingerprint density at radius 3 is 3.10 bits per heavy atom. The lowest BCUT2D eigenvalue weighted by Gasteiger charge is -2.10. The minimum absolute atomic E-state index is 0.515. The number of ether oxygens (including phenoxy) is 1. The van der Waals surface area contributed by atoms with Crippen LogP contribution >= 0.6 is 0 Å². The first-order chi connectivity index (χ1) is 10.2. The molecule has 7 heteroatoms. The molecule has 7 nitrogen and oxygen atoms in total. The topological polar surface area (TPSA) is 90.4 Å². The van der Waals surface area contributed by atoms with Crippen molar-refractivity contribution in [3.63, 3.8) is 0 Å². The fourth-order valence-corrected chi connectivity index (χ4v) is 2.01. The van der Waals surface area contributed by atoms with Gasteiger partial charge >= 0.3 is 0 Å². The minimum atomic E-state index is 0.515. The Kier molecular flexibility index (Phi) is 3.55. The number of anilines is 2. The van der Waals surface area contributed by atoms with E-state index in [9.17, 15) is 0 Å². The average Bonchev–Trinajstić information content (AvgIpc) is 2.91. The zero-order valence-corrected chi connectivity index (χ0v) is 11.7. The van der Waals surface area contributed by atoms with Crippen molar-refractivity contribution in [2.75, 3.05) is 24.2 Å². The Labute approximate surface area is 121 Å². The molecule has 108 valence electrons. The number of nitrogens with two attached hydrogens (primary N) is 1. The third-order valence-corrected chi connectivity index (χ3v) is 2.91. The summed E-state index contributed by atoms with van der Waals surface area (Å²) in [6, 6.07) is 9.28. The van der Waals surface area contributed by atoms with Gasteiger partial charge in [0.2, 0.25) is 0 Å². The lowest BCUT2D eigenvalue weighted by molar-refractivity contribution is 0.333. The molecule has 0 fully saturated rings. The predicted molar refractivity (Wildman–Crippen MR) is 80.4 cm³/mol. The van der Waals surface area contributed by atoms with Gasteiger partial charge < -0.3 is 15.8 Å². The molecule has 3 aromatic rings. The fraction of sp³-hybridized carbons (Fsp3) is 0.214. The summed E-state index contributed by atoms with van der Waals surface area (Å²) in [5, 5.41) is 7.40. The van der Waals surface area contributed by atoms with Crippen molar-refractivity contribution in [2.45, 2.75) is 6.92 Å². The first-order valence-electron chi connectivity index (χ1n) is 6.62. The van der Waals surface area contributed by atoms with Crippen LogP contribution in [-0.4, -0.2) is 32.7 Å². The molecule has 1 aromatic carbocycles. The highest BCUT2D eigenvalue weighted by Gasteiger charge is 2.04. The number of aromatic nitrogens is 4. The second-order valence-corrected chi connectivity index (χ2v) is 4.60. The Morgan fingerprint density at radius 1 is 1.33 bits per heavy atom. The maximum absolute atomic E-state index is 5.70. The highest BCUT2D eigenvalue weighted by atomic mass is 16.5. The fourth-order valence-electron chi connectivity index (χ4n) is 2.01. The first-order valence-corrected chi connectivity index (χ1v) is 6.62. The number of benzene rings is 1. The molecule has 0 amide bonds. The molecular weight excluding hydrogens is 268 g/mol. The largest absolute Gasteiger partial charge is 0.492 e. The zero-order valence-electron chi connectivity index (χ0n) is 11.7. The first kappa shape index (κ1) is 13.2. The summed E-state index contributed by atoms with van der Waals surface area (Å²) in [6.45, 7) is 3.07. The van der Waals surface area contributed by atoms with Crippen LogP contribution in [0.5, 0.6) is 5.75 Å². The smallest absolute Gasteiger partial charge is 0.254 e. The standard InChI is InChI=1S/C14H16N6O/c1-10-7-13(20-14(19-10)17-9-18-20)16-5-6-21-12-4-2-3-11(15)8-12/h2-4,7-9,16H,5-6,15H2,1H3. The molecule has 0 bridgehead atoms. The van der Waals surface area contributed by atoms with E-state index in [1.807, 2.05) is 31.2 Å². The van der Waals surface area contributed by atoms with E-state index in [-0.39, 0.29) is 0 Å². The van der Waals surface area contributed by atoms with Crippen LogP contribution in [-0.2, 0) is 0 Å². The summed E-state index contributed by atoms with van der Waals surface area (Å²) < 4.78 is 7.29. The van der Waals surface area contributed by atoms with Gasteiger partial charge in [0.25, 0.3) is 5.78 Å². The van der Waals surface area contributed by atoms with Gasteiger partial charge in [-0.15, -0.1) is 0 Å². The van der Waals surface area contributed by atoms with Gasteiger partial charge in [-0.25, -0.2) is 4.98 Å². The summed E-state index contributed by atoms with van der Waals surface area (Å²) in [5.41, 5.74) is 7.27. The van der Waals surface area contributed by atoms with Gasteiger partial charge in [0.05, 0.1) is 6.54 Å². The zero-order chi connectivity index (χ0) is 14.7. The monoisotopic (exact) mass is 284 g/mol. The molecular formula is C14H16N6O. The average molecular weight is 284 g/mol. The van der Waals surface area contributed by atoms with Crippen LogP contribution in [0.25, 0.3) is 5.78 Å². The summed E-state index contributed by atoms with van der Waals surface area (Å²) in [7, 11) is 0. The lowest BCUT2D eigenvalue weighted by Crippen LogP contribution is -2.14. The minimum Gasteiger partial charge on any atom is -0.492 e. The molecule has 0 atom stereocenters. The van der Waals surface area contributed by atoms with E-state index in [0.717, 1.165) is 17.3 Å². The van der Waals surface area contributed by atoms with E-state index in [1.165, 1.54) is 6.33 Å². The molecule has 0 unspecified atom stereocenters. The van der Waals surface area contributed by atoms with Crippen LogP contribution in [0.4, 0.5) is 11.5 Å². The van der Waals surface area contributed by atoms with Crippen molar-refractivity contribution in [2.24, 2.45) is 0 Å². The van der Waals surface area contributed by atoms with Crippen LogP contribution in [0.15, 0.2) is 36.7 Å². The number of aryl methyl sites for hydroxylation is 1. The number of nitrogen functional groups attached to an aromatic ring is 1. The van der Waals surface area contributed by atoms with Crippen LogP contribution in [0.2, 0.25) is 0 Å². The SMILES string of the molecule is Cc1cc(NCCOc2cccc(N)c2)n2ncnc2n1. The van der Waals surface area contributed by atoms with Gasteiger partial charge in [0.1, 0.15) is 24.5 Å². The number of hydrogen-bond donors (Lipinski definition) is 2. The van der Waals surface area contributed by atoms with Crippen molar-refractivity contribution < 1.29 is 4.74 Å². The molecule has 2 aromatic heterocycles. The number of fused-ring (bicyclic) bond motifs is 1. The highest BCUT2D eigenvalue weighted by Crippen LogP contribution is 2.14. The molecule has 0 radical (unpaired) electrons. The Morgan fingerprint density at radius 2 is 2.24 bits per heavy atom. The Hall–Kier alpha value is -2.83. The van der Waals surface area contributed by atoms with Gasteiger partial charge in [-0.3, -0.25) is 0 Å². The predicted octanol–water partition coefficient (Wildman–Crippen LogP) is 1.51. The molecule has 0 saturated heterocycles. The van der Waals surface area contributed by atoms with E-state index in [2.05, 4.69) is 20.4 Å². The Balaban J connectivity index is 1.61. The van der Waals surface area contributed by atoms with Crippen LogP contribution in [0, 0.1) is 6.92 Å². The van der Waals surface area contributed by atoms with Crippen molar-refractivity contribution >= 4 is 17.3 Å². The molecule has 2 heterocycles. The molecule has 21 heavy (non-hydrogen) atoms. The maximum atomic E-state index is 5.70. The van der Waals surface area contributed by atoms with Gasteiger partial charge in [0.15, 0.2) is 0 Å². The summed E-state index contributed by atoms with van der Waals surface area (Å²) in [6.07, 6.45) is 1.48. The van der Waals surface area contributed by atoms with Gasteiger partial charge in [-0.05, 0) is 19.1 Å². The summed E-state index contributed by atoms with van der Waals surface area (Å²) in [5.74, 6) is 2.18. The number of hydrogen-bond acceptors (Lipinski definition) is 6. The third kappa shape index (κ3) is 3.02. The molecule has 0 aliphatic rings. The molecule has 0 aliphatic carbocycles. The summed E-state index contributed by atoms with van der Waals surface area (Å²) >= 11 is 0. The quantitative estimate of drug-likeness (QED) is 0.545. The van der Waals surface area contributed by atoms with Crippen molar-refractivity contribution in [3.8, 4) is 5.75 Å². The van der Waals surface area contributed by atoms with Crippen LogP contribution < -0.4 is 15.8 Å². The number of nitrogens with zero attached hydrogens (tertiary/aromatic N) is 4. The van der Waals surface area contributed by atoms with Gasteiger partial charge in [-0.2, -0.15) is 14.6 Å². The van der Waals surface area contributed by atoms with Gasteiger partial charge in [0, 0.05) is 23.5 Å². The number of nitrogens with one attached hydrogen (secondary N) is 1.